The van der Waals surface area contributed by atoms with E-state index in [1.807, 2.05) is 6.20 Å². The Morgan fingerprint density at radius 1 is 1.41 bits per heavy atom. The largest absolute Gasteiger partial charge is 0.316 e. The van der Waals surface area contributed by atoms with Crippen molar-refractivity contribution >= 4 is 0 Å². The molecule has 1 unspecified atom stereocenters. The van der Waals surface area contributed by atoms with Crippen LogP contribution >= 0.6 is 0 Å². The second kappa shape index (κ2) is 6.10. The lowest BCUT2D eigenvalue weighted by Crippen LogP contribution is -2.28. The number of fused-ring (bicyclic) bond motifs is 1. The number of hydrogen-bond donors (Lipinski definition) is 1. The van der Waals surface area contributed by atoms with E-state index in [2.05, 4.69) is 29.1 Å². The van der Waals surface area contributed by atoms with Crippen molar-refractivity contribution in [3.05, 3.63) is 23.3 Å². The first-order valence-electron chi connectivity index (χ1n) is 6.87. The molecule has 0 amide bonds. The molecule has 0 bridgehead atoms. The van der Waals surface area contributed by atoms with Crippen LogP contribution in [0.3, 0.4) is 0 Å². The maximum Gasteiger partial charge on any atom is 0.128 e. The van der Waals surface area contributed by atoms with Crippen LogP contribution in [0.4, 0.5) is 0 Å². The number of aryl methyl sites for hydroxylation is 2. The summed E-state index contributed by atoms with van der Waals surface area (Å²) in [6, 6.07) is 0. The summed E-state index contributed by atoms with van der Waals surface area (Å²) in [5.41, 5.74) is 2.67. The van der Waals surface area contributed by atoms with Crippen molar-refractivity contribution in [1.82, 2.24) is 15.3 Å². The molecule has 3 heteroatoms. The van der Waals surface area contributed by atoms with Gasteiger partial charge >= 0.3 is 0 Å². The van der Waals surface area contributed by atoms with Crippen LogP contribution in [0.2, 0.25) is 0 Å². The molecule has 1 aliphatic rings. The lowest BCUT2D eigenvalue weighted by Gasteiger charge is -2.24. The Hall–Kier alpha value is -0.960. The fourth-order valence-electron chi connectivity index (χ4n) is 2.45. The number of rotatable bonds is 5. The van der Waals surface area contributed by atoms with Crippen molar-refractivity contribution in [2.24, 2.45) is 5.92 Å². The highest BCUT2D eigenvalue weighted by Gasteiger charge is 2.19. The van der Waals surface area contributed by atoms with Gasteiger partial charge in [0.05, 0.1) is 0 Å². The summed E-state index contributed by atoms with van der Waals surface area (Å²) in [6.07, 6.45) is 7.75. The van der Waals surface area contributed by atoms with Crippen molar-refractivity contribution < 1.29 is 0 Å². The van der Waals surface area contributed by atoms with Gasteiger partial charge in [0.25, 0.3) is 0 Å². The van der Waals surface area contributed by atoms with E-state index >= 15 is 0 Å². The van der Waals surface area contributed by atoms with E-state index in [0.29, 0.717) is 0 Å². The van der Waals surface area contributed by atoms with Gasteiger partial charge in [-0.15, -0.1) is 0 Å². The molecular weight excluding hydrogens is 210 g/mol. The van der Waals surface area contributed by atoms with Crippen molar-refractivity contribution in [2.45, 2.75) is 46.0 Å². The molecule has 1 heterocycles. The van der Waals surface area contributed by atoms with E-state index in [1.54, 1.807) is 0 Å². The molecule has 0 radical (unpaired) electrons. The fraction of sp³-hybridized carbons (Fsp3) is 0.714. The highest BCUT2D eigenvalue weighted by atomic mass is 14.9. The first kappa shape index (κ1) is 12.5. The number of nitrogens with one attached hydrogen (secondary N) is 1. The van der Waals surface area contributed by atoms with E-state index in [9.17, 15) is 0 Å². The molecule has 0 spiro atoms. The van der Waals surface area contributed by atoms with Gasteiger partial charge in [-0.3, -0.25) is 0 Å². The van der Waals surface area contributed by atoms with Crippen LogP contribution in [0.1, 0.15) is 43.8 Å². The van der Waals surface area contributed by atoms with Gasteiger partial charge in [-0.1, -0.05) is 13.8 Å². The molecule has 0 saturated heterocycles. The first-order chi connectivity index (χ1) is 8.33. The highest BCUT2D eigenvalue weighted by Crippen LogP contribution is 2.23. The molecule has 94 valence electrons. The van der Waals surface area contributed by atoms with E-state index in [4.69, 9.17) is 0 Å². The minimum atomic E-state index is 0.769. The molecule has 1 atom stereocenters. The molecule has 0 saturated carbocycles. The van der Waals surface area contributed by atoms with Gasteiger partial charge in [0, 0.05) is 18.3 Å². The maximum absolute atomic E-state index is 4.63. The van der Waals surface area contributed by atoms with Gasteiger partial charge in [-0.25, -0.2) is 9.97 Å². The molecule has 1 aromatic heterocycles. The topological polar surface area (TPSA) is 37.8 Å². The molecular formula is C14H23N3. The summed E-state index contributed by atoms with van der Waals surface area (Å²) in [4.78, 5) is 9.04. The van der Waals surface area contributed by atoms with Crippen LogP contribution in [0.5, 0.6) is 0 Å². The van der Waals surface area contributed by atoms with Crippen molar-refractivity contribution in [1.29, 1.82) is 0 Å². The molecule has 0 aromatic carbocycles. The summed E-state index contributed by atoms with van der Waals surface area (Å²) in [5.74, 6) is 1.76. The summed E-state index contributed by atoms with van der Waals surface area (Å²) >= 11 is 0. The van der Waals surface area contributed by atoms with Crippen LogP contribution in [-0.4, -0.2) is 23.1 Å². The predicted octanol–water partition coefficient (Wildman–Crippen LogP) is 2.14. The molecule has 1 N–H and O–H groups in total. The van der Waals surface area contributed by atoms with Gasteiger partial charge < -0.3 is 5.32 Å². The minimum absolute atomic E-state index is 0.769. The number of nitrogens with zero attached hydrogens (tertiary/aromatic N) is 2. The van der Waals surface area contributed by atoms with Crippen molar-refractivity contribution in [3.8, 4) is 0 Å². The van der Waals surface area contributed by atoms with Crippen LogP contribution in [0.25, 0.3) is 0 Å². The maximum atomic E-state index is 4.63. The molecule has 0 fully saturated rings. The SMILES string of the molecule is CCCNCC1CCc2nc(CC)ncc2C1. The third-order valence-electron chi connectivity index (χ3n) is 3.48. The Kier molecular flexibility index (Phi) is 4.49. The van der Waals surface area contributed by atoms with Crippen LogP contribution in [0.15, 0.2) is 6.20 Å². The van der Waals surface area contributed by atoms with Gasteiger partial charge in [0.15, 0.2) is 0 Å². The van der Waals surface area contributed by atoms with Gasteiger partial charge in [-0.05, 0) is 50.3 Å². The number of aromatic nitrogens is 2. The zero-order valence-electron chi connectivity index (χ0n) is 11.0. The standard InChI is InChI=1S/C14H23N3/c1-3-7-15-9-11-5-6-13-12(8-11)10-16-14(4-2)17-13/h10-11,15H,3-9H2,1-2H3. The number of hydrogen-bond acceptors (Lipinski definition) is 3. The minimum Gasteiger partial charge on any atom is -0.316 e. The first-order valence-corrected chi connectivity index (χ1v) is 6.87. The zero-order valence-corrected chi connectivity index (χ0v) is 11.0. The van der Waals surface area contributed by atoms with Gasteiger partial charge in [0.2, 0.25) is 0 Å². The average Bonchev–Trinajstić information content (AvgIpc) is 2.38. The lowest BCUT2D eigenvalue weighted by molar-refractivity contribution is 0.419. The summed E-state index contributed by atoms with van der Waals surface area (Å²) in [5, 5.41) is 3.52. The summed E-state index contributed by atoms with van der Waals surface area (Å²) in [6.45, 7) is 6.60. The normalized spacial score (nSPS) is 19.1. The molecule has 1 aliphatic carbocycles. The van der Waals surface area contributed by atoms with E-state index < -0.39 is 0 Å². The Labute approximate surface area is 104 Å². The third kappa shape index (κ3) is 3.25. The molecule has 17 heavy (non-hydrogen) atoms. The molecule has 0 aliphatic heterocycles. The van der Waals surface area contributed by atoms with Gasteiger partial charge in [-0.2, -0.15) is 0 Å². The molecule has 3 nitrogen and oxygen atoms in total. The van der Waals surface area contributed by atoms with E-state index in [-0.39, 0.29) is 0 Å². The Morgan fingerprint density at radius 2 is 2.29 bits per heavy atom. The van der Waals surface area contributed by atoms with Crippen molar-refractivity contribution in [2.75, 3.05) is 13.1 Å². The zero-order chi connectivity index (χ0) is 12.1. The van der Waals surface area contributed by atoms with E-state index in [0.717, 1.165) is 44.1 Å². The summed E-state index contributed by atoms with van der Waals surface area (Å²) in [7, 11) is 0. The predicted molar refractivity (Wildman–Crippen MR) is 70.1 cm³/mol. The van der Waals surface area contributed by atoms with Crippen LogP contribution in [-0.2, 0) is 19.3 Å². The Bertz CT molecular complexity index is 362. The summed E-state index contributed by atoms with van der Waals surface area (Å²) < 4.78 is 0. The van der Waals surface area contributed by atoms with Crippen molar-refractivity contribution in [3.63, 3.8) is 0 Å². The Morgan fingerprint density at radius 3 is 3.06 bits per heavy atom. The van der Waals surface area contributed by atoms with Crippen LogP contribution < -0.4 is 5.32 Å². The average molecular weight is 233 g/mol. The molecule has 1 aromatic rings. The second-order valence-electron chi connectivity index (χ2n) is 4.92. The quantitative estimate of drug-likeness (QED) is 0.792. The van der Waals surface area contributed by atoms with E-state index in [1.165, 1.54) is 24.1 Å². The lowest BCUT2D eigenvalue weighted by atomic mass is 9.87. The second-order valence-corrected chi connectivity index (χ2v) is 4.92. The fourth-order valence-corrected chi connectivity index (χ4v) is 2.45. The third-order valence-corrected chi connectivity index (χ3v) is 3.48. The smallest absolute Gasteiger partial charge is 0.128 e. The van der Waals surface area contributed by atoms with Gasteiger partial charge in [0.1, 0.15) is 5.82 Å². The van der Waals surface area contributed by atoms with Crippen LogP contribution in [0, 0.1) is 5.92 Å². The molecule has 2 rings (SSSR count). The monoisotopic (exact) mass is 233 g/mol. The highest BCUT2D eigenvalue weighted by molar-refractivity contribution is 5.21. The Balaban J connectivity index is 1.94.